The van der Waals surface area contributed by atoms with Gasteiger partial charge in [0.15, 0.2) is 0 Å². The van der Waals surface area contributed by atoms with Crippen molar-refractivity contribution in [1.82, 2.24) is 5.43 Å². The molecule has 6 heteroatoms. The molecule has 0 radical (unpaired) electrons. The molecule has 0 saturated heterocycles. The highest BCUT2D eigenvalue weighted by Crippen LogP contribution is 2.25. The molecule has 29 heavy (non-hydrogen) atoms. The molecular formula is C23H27N3O3. The highest BCUT2D eigenvalue weighted by atomic mass is 16.5. The fraction of sp³-hybridized carbons (Fsp3) is 0.348. The van der Waals surface area contributed by atoms with Crippen molar-refractivity contribution in [2.24, 2.45) is 11.0 Å². The zero-order valence-corrected chi connectivity index (χ0v) is 16.9. The maximum Gasteiger partial charge on any atom is 0.271 e. The van der Waals surface area contributed by atoms with Crippen molar-refractivity contribution in [2.75, 3.05) is 12.4 Å². The third-order valence-electron chi connectivity index (χ3n) is 5.22. The number of benzene rings is 2. The zero-order chi connectivity index (χ0) is 20.6. The summed E-state index contributed by atoms with van der Waals surface area (Å²) in [5.41, 5.74) is 5.39. The second-order valence-electron chi connectivity index (χ2n) is 7.27. The van der Waals surface area contributed by atoms with Crippen LogP contribution >= 0.6 is 0 Å². The predicted octanol–water partition coefficient (Wildman–Crippen LogP) is 4.37. The fourth-order valence-corrected chi connectivity index (χ4v) is 3.41. The SMILES string of the molecule is COc1ccc(C(=O)NN=C(C)c2ccc(NC(=O)C3CCCCC3)cc2)cc1. The van der Waals surface area contributed by atoms with E-state index in [9.17, 15) is 9.59 Å². The summed E-state index contributed by atoms with van der Waals surface area (Å²) in [6.07, 6.45) is 5.45. The van der Waals surface area contributed by atoms with Crippen molar-refractivity contribution in [1.29, 1.82) is 0 Å². The summed E-state index contributed by atoms with van der Waals surface area (Å²) in [7, 11) is 1.58. The average Bonchev–Trinajstić information content (AvgIpc) is 2.78. The number of anilines is 1. The van der Waals surface area contributed by atoms with Gasteiger partial charge in [-0.3, -0.25) is 9.59 Å². The van der Waals surface area contributed by atoms with Gasteiger partial charge in [-0.1, -0.05) is 31.4 Å². The molecule has 6 nitrogen and oxygen atoms in total. The van der Waals surface area contributed by atoms with Crippen LogP contribution in [0, 0.1) is 5.92 Å². The molecule has 0 unspecified atom stereocenters. The lowest BCUT2D eigenvalue weighted by Gasteiger charge is -2.20. The number of carbonyl (C=O) groups is 2. The van der Waals surface area contributed by atoms with Gasteiger partial charge in [0.25, 0.3) is 5.91 Å². The largest absolute Gasteiger partial charge is 0.497 e. The minimum absolute atomic E-state index is 0.106. The van der Waals surface area contributed by atoms with E-state index in [-0.39, 0.29) is 17.7 Å². The van der Waals surface area contributed by atoms with Crippen molar-refractivity contribution in [3.05, 3.63) is 59.7 Å². The smallest absolute Gasteiger partial charge is 0.271 e. The molecule has 2 N–H and O–H groups in total. The van der Waals surface area contributed by atoms with Crippen LogP contribution in [-0.4, -0.2) is 24.6 Å². The quantitative estimate of drug-likeness (QED) is 0.565. The maximum absolute atomic E-state index is 12.3. The first-order chi connectivity index (χ1) is 14.1. The van der Waals surface area contributed by atoms with Crippen LogP contribution in [0.25, 0.3) is 0 Å². The number of amides is 2. The van der Waals surface area contributed by atoms with Gasteiger partial charge in [-0.2, -0.15) is 5.10 Å². The minimum Gasteiger partial charge on any atom is -0.497 e. The first-order valence-corrected chi connectivity index (χ1v) is 9.97. The van der Waals surface area contributed by atoms with Crippen molar-refractivity contribution >= 4 is 23.2 Å². The molecule has 0 aromatic heterocycles. The molecule has 2 aromatic carbocycles. The van der Waals surface area contributed by atoms with E-state index in [1.54, 1.807) is 31.4 Å². The lowest BCUT2D eigenvalue weighted by Crippen LogP contribution is -2.24. The molecule has 1 saturated carbocycles. The molecular weight excluding hydrogens is 366 g/mol. The molecule has 2 amide bonds. The van der Waals surface area contributed by atoms with Crippen LogP contribution in [-0.2, 0) is 4.79 Å². The zero-order valence-electron chi connectivity index (χ0n) is 16.9. The Labute approximate surface area is 171 Å². The van der Waals surface area contributed by atoms with Crippen molar-refractivity contribution in [3.63, 3.8) is 0 Å². The average molecular weight is 393 g/mol. The number of hydrogen-bond donors (Lipinski definition) is 2. The second-order valence-corrected chi connectivity index (χ2v) is 7.27. The van der Waals surface area contributed by atoms with Gasteiger partial charge >= 0.3 is 0 Å². The Balaban J connectivity index is 1.56. The molecule has 152 valence electrons. The van der Waals surface area contributed by atoms with Gasteiger partial charge < -0.3 is 10.1 Å². The number of ether oxygens (including phenoxy) is 1. The minimum atomic E-state index is -0.289. The van der Waals surface area contributed by atoms with E-state index >= 15 is 0 Å². The maximum atomic E-state index is 12.3. The normalized spacial score (nSPS) is 14.9. The molecule has 1 aliphatic carbocycles. The number of rotatable bonds is 6. The van der Waals surface area contributed by atoms with Crippen molar-refractivity contribution in [2.45, 2.75) is 39.0 Å². The lowest BCUT2D eigenvalue weighted by molar-refractivity contribution is -0.120. The van der Waals surface area contributed by atoms with Gasteiger partial charge in [-0.25, -0.2) is 5.43 Å². The predicted molar refractivity (Wildman–Crippen MR) is 114 cm³/mol. The number of carbonyl (C=O) groups excluding carboxylic acids is 2. The molecule has 3 rings (SSSR count). The standard InChI is InChI=1S/C23H27N3O3/c1-16(25-26-23(28)19-10-14-21(29-2)15-11-19)17-8-12-20(13-9-17)24-22(27)18-6-4-3-5-7-18/h8-15,18H,3-7H2,1-2H3,(H,24,27)(H,26,28). The number of nitrogens with zero attached hydrogens (tertiary/aromatic N) is 1. The molecule has 2 aromatic rings. The Kier molecular flexibility index (Phi) is 7.00. The molecule has 0 spiro atoms. The first kappa shape index (κ1) is 20.6. The van der Waals surface area contributed by atoms with Gasteiger partial charge in [0, 0.05) is 17.2 Å². The highest BCUT2D eigenvalue weighted by Gasteiger charge is 2.20. The van der Waals surface area contributed by atoms with Crippen LogP contribution in [0.2, 0.25) is 0 Å². The molecule has 0 atom stereocenters. The summed E-state index contributed by atoms with van der Waals surface area (Å²) < 4.78 is 5.09. The molecule has 0 aliphatic heterocycles. The number of hydrogen-bond acceptors (Lipinski definition) is 4. The number of hydrazone groups is 1. The number of nitrogens with one attached hydrogen (secondary N) is 2. The summed E-state index contributed by atoms with van der Waals surface area (Å²) in [6, 6.07) is 14.3. The third kappa shape index (κ3) is 5.67. The van der Waals surface area contributed by atoms with Gasteiger partial charge in [0.1, 0.15) is 5.75 Å². The molecule has 0 heterocycles. The van der Waals surface area contributed by atoms with Crippen LogP contribution in [0.5, 0.6) is 5.75 Å². The van der Waals surface area contributed by atoms with E-state index in [1.807, 2.05) is 31.2 Å². The topological polar surface area (TPSA) is 79.8 Å². The van der Waals surface area contributed by atoms with Gasteiger partial charge in [0.2, 0.25) is 5.91 Å². The molecule has 1 aliphatic rings. The van der Waals surface area contributed by atoms with Crippen LogP contribution in [0.15, 0.2) is 53.6 Å². The summed E-state index contributed by atoms with van der Waals surface area (Å²) in [5.74, 6) is 0.634. The Bertz CT molecular complexity index is 867. The summed E-state index contributed by atoms with van der Waals surface area (Å²) in [4.78, 5) is 24.5. The van der Waals surface area contributed by atoms with Crippen LogP contribution in [0.3, 0.4) is 0 Å². The van der Waals surface area contributed by atoms with Gasteiger partial charge in [0.05, 0.1) is 12.8 Å². The fourth-order valence-electron chi connectivity index (χ4n) is 3.41. The first-order valence-electron chi connectivity index (χ1n) is 9.97. The van der Waals surface area contributed by atoms with E-state index in [1.165, 1.54) is 6.42 Å². The number of methoxy groups -OCH3 is 1. The molecule has 0 bridgehead atoms. The summed E-state index contributed by atoms with van der Waals surface area (Å²) in [6.45, 7) is 1.82. The van der Waals surface area contributed by atoms with E-state index in [0.717, 1.165) is 36.9 Å². The van der Waals surface area contributed by atoms with Crippen LogP contribution < -0.4 is 15.5 Å². The summed E-state index contributed by atoms with van der Waals surface area (Å²) in [5, 5.41) is 7.18. The Morgan fingerprint density at radius 1 is 0.931 bits per heavy atom. The molecule has 1 fully saturated rings. The van der Waals surface area contributed by atoms with E-state index < -0.39 is 0 Å². The summed E-state index contributed by atoms with van der Waals surface area (Å²) >= 11 is 0. The Morgan fingerprint density at radius 2 is 1.55 bits per heavy atom. The van der Waals surface area contributed by atoms with Crippen LogP contribution in [0.1, 0.15) is 54.9 Å². The Hall–Kier alpha value is -3.15. The highest BCUT2D eigenvalue weighted by molar-refractivity contribution is 6.01. The Morgan fingerprint density at radius 3 is 2.17 bits per heavy atom. The second kappa shape index (κ2) is 9.87. The van der Waals surface area contributed by atoms with Gasteiger partial charge in [-0.15, -0.1) is 0 Å². The van der Waals surface area contributed by atoms with E-state index in [2.05, 4.69) is 15.8 Å². The van der Waals surface area contributed by atoms with Gasteiger partial charge in [-0.05, 0) is 61.7 Å². The van der Waals surface area contributed by atoms with Crippen LogP contribution in [0.4, 0.5) is 5.69 Å². The van der Waals surface area contributed by atoms with E-state index in [4.69, 9.17) is 4.74 Å². The van der Waals surface area contributed by atoms with Crippen molar-refractivity contribution in [3.8, 4) is 5.75 Å². The van der Waals surface area contributed by atoms with Crippen molar-refractivity contribution < 1.29 is 14.3 Å². The lowest BCUT2D eigenvalue weighted by atomic mass is 9.88. The third-order valence-corrected chi connectivity index (χ3v) is 5.22. The monoisotopic (exact) mass is 393 g/mol. The van der Waals surface area contributed by atoms with E-state index in [0.29, 0.717) is 17.0 Å².